The third-order valence-corrected chi connectivity index (χ3v) is 10.1. The molecule has 1 radical (unpaired) electrons. The summed E-state index contributed by atoms with van der Waals surface area (Å²) >= 11 is 0. The fourth-order valence-electron chi connectivity index (χ4n) is 7.05. The molecule has 21 nitrogen and oxygen atoms in total. The summed E-state index contributed by atoms with van der Waals surface area (Å²) in [5.41, 5.74) is 0.717. The molecule has 2 aromatic rings. The number of rotatable bonds is 17. The molecule has 3 aliphatic heterocycles. The summed E-state index contributed by atoms with van der Waals surface area (Å²) < 4.78 is 32.9. The summed E-state index contributed by atoms with van der Waals surface area (Å²) in [5.74, 6) is -9.06. The number of aliphatic carboxylic acids is 2. The number of fused-ring (bicyclic) bond motifs is 2. The molecule has 0 aliphatic carbocycles. The van der Waals surface area contributed by atoms with Crippen molar-refractivity contribution in [2.45, 2.75) is 50.1 Å². The number of carbonyl (C=O) groups is 8. The standard InChI is InChI=1S/C38H45F2N10O11.CH3.Cu/c39-38(40)16-24(17-41)50(22-38)32(54)18-45-36(58)25-7-8-42-27-2-1-23(15-26(25)27)46-31(53)6-5-30(52)44-10-9-43-29(51)4-3-28(37(59)60)48-13-11-47(20-34(55)56)12-14-49-21-35(57)61-33(49)19-48;;/h1-2,7-8,15,24,28H,3-6,9-14,16,18-22H2,(H,43,51)(H,44,52)(H,45,58)(H,46,53)(H,55,56)(H,59,60);1H3;/q2*-1;/t24-,28?;;/m0../s1. The number of nitrogens with one attached hydrogen (secondary N) is 4. The van der Waals surface area contributed by atoms with Crippen LogP contribution in [0.3, 0.4) is 0 Å². The van der Waals surface area contributed by atoms with Crippen molar-refractivity contribution < 1.29 is 79.2 Å². The van der Waals surface area contributed by atoms with Crippen LogP contribution in [0.2, 0.25) is 0 Å². The number of anilines is 1. The molecule has 347 valence electrons. The molecule has 1 aromatic heterocycles. The molecule has 3 aliphatic rings. The molecule has 63 heavy (non-hydrogen) atoms. The van der Waals surface area contributed by atoms with E-state index in [1.807, 2.05) is 0 Å². The van der Waals surface area contributed by atoms with E-state index in [1.165, 1.54) is 35.4 Å². The largest absolute Gasteiger partial charge is 0.617 e. The molecule has 24 heteroatoms. The van der Waals surface area contributed by atoms with E-state index in [0.29, 0.717) is 24.0 Å². The first-order valence-electron chi connectivity index (χ1n) is 19.3. The third kappa shape index (κ3) is 14.9. The third-order valence-electron chi connectivity index (χ3n) is 10.1. The number of carboxylic acids is 2. The van der Waals surface area contributed by atoms with Crippen LogP contribution in [-0.4, -0.2) is 172 Å². The average Bonchev–Trinajstić information content (AvgIpc) is 3.75. The number of amides is 5. The molecular formula is C39H48CuF2N10O11-2. The number of esters is 1. The maximum absolute atomic E-state index is 13.8. The van der Waals surface area contributed by atoms with Crippen molar-refractivity contribution in [2.75, 3.05) is 77.3 Å². The van der Waals surface area contributed by atoms with Crippen molar-refractivity contribution in [3.8, 4) is 6.07 Å². The molecule has 0 saturated carbocycles. The van der Waals surface area contributed by atoms with E-state index < -0.39 is 85.0 Å². The summed E-state index contributed by atoms with van der Waals surface area (Å²) in [6.07, 6.45) is 0.0856. The Bertz CT molecular complexity index is 2080. The molecule has 3 fully saturated rings. The molecule has 0 bridgehead atoms. The van der Waals surface area contributed by atoms with Gasteiger partial charge in [0.2, 0.25) is 23.6 Å². The zero-order valence-corrected chi connectivity index (χ0v) is 35.1. The van der Waals surface area contributed by atoms with Crippen molar-refractivity contribution in [1.82, 2.24) is 40.5 Å². The number of likely N-dealkylation sites (tertiary alicyclic amines) is 1. The van der Waals surface area contributed by atoms with Crippen LogP contribution in [0.15, 0.2) is 30.5 Å². The number of pyridine rings is 1. The number of hydrogen-bond acceptors (Lipinski definition) is 14. The van der Waals surface area contributed by atoms with Gasteiger partial charge < -0.3 is 58.3 Å². The summed E-state index contributed by atoms with van der Waals surface area (Å²) in [4.78, 5) is 109. The number of benzene rings is 1. The van der Waals surface area contributed by atoms with Crippen molar-refractivity contribution in [2.24, 2.45) is 0 Å². The number of nitriles is 1. The second-order valence-electron chi connectivity index (χ2n) is 14.6. The normalized spacial score (nSPS) is 18.4. The number of nitrogens with zero attached hydrogens (tertiary/aromatic N) is 6. The fraction of sp³-hybridized carbons (Fsp3) is 0.487. The van der Waals surface area contributed by atoms with Crippen LogP contribution >= 0.6 is 0 Å². The Hall–Kier alpha value is -5.86. The van der Waals surface area contributed by atoms with Crippen molar-refractivity contribution in [3.63, 3.8) is 0 Å². The molecule has 0 spiro atoms. The van der Waals surface area contributed by atoms with Gasteiger partial charge in [-0.3, -0.25) is 48.2 Å². The average molecular weight is 934 g/mol. The van der Waals surface area contributed by atoms with Crippen LogP contribution in [0.4, 0.5) is 14.5 Å². The Morgan fingerprint density at radius 1 is 0.968 bits per heavy atom. The van der Waals surface area contributed by atoms with Gasteiger partial charge in [0.25, 0.3) is 17.8 Å². The van der Waals surface area contributed by atoms with Crippen LogP contribution in [-0.2, 0) is 55.4 Å². The summed E-state index contributed by atoms with van der Waals surface area (Å²) in [6.45, 7) is -0.885. The Labute approximate surface area is 371 Å². The van der Waals surface area contributed by atoms with E-state index in [4.69, 9.17) is 10.00 Å². The van der Waals surface area contributed by atoms with E-state index in [1.54, 1.807) is 15.9 Å². The maximum Gasteiger partial charge on any atom is 0.320 e. The summed E-state index contributed by atoms with van der Waals surface area (Å²) in [7, 11) is 0. The Balaban J connectivity index is 0.00000528. The quantitative estimate of drug-likeness (QED) is 0.0500. The van der Waals surface area contributed by atoms with E-state index in [-0.39, 0.29) is 113 Å². The molecule has 5 amide bonds. The Morgan fingerprint density at radius 3 is 2.33 bits per heavy atom. The van der Waals surface area contributed by atoms with Gasteiger partial charge in [0.05, 0.1) is 43.3 Å². The smallest absolute Gasteiger partial charge is 0.320 e. The van der Waals surface area contributed by atoms with Gasteiger partial charge in [-0.2, -0.15) is 5.26 Å². The van der Waals surface area contributed by atoms with Gasteiger partial charge in [-0.25, -0.2) is 8.78 Å². The molecule has 2 atom stereocenters. The first kappa shape index (κ1) is 51.5. The van der Waals surface area contributed by atoms with Gasteiger partial charge in [-0.15, -0.1) is 0 Å². The topological polar surface area (TPSA) is 284 Å². The zero-order valence-electron chi connectivity index (χ0n) is 34.2. The van der Waals surface area contributed by atoms with Gasteiger partial charge in [0.15, 0.2) is 0 Å². The number of alkyl halides is 2. The maximum atomic E-state index is 13.8. The Morgan fingerprint density at radius 2 is 1.65 bits per heavy atom. The Kier molecular flexibility index (Phi) is 19.2. The molecule has 3 saturated heterocycles. The van der Waals surface area contributed by atoms with Crippen LogP contribution < -0.4 is 21.3 Å². The van der Waals surface area contributed by atoms with Crippen molar-refractivity contribution in [3.05, 3.63) is 49.7 Å². The van der Waals surface area contributed by atoms with Gasteiger partial charge in [0, 0.05) is 92.7 Å². The summed E-state index contributed by atoms with van der Waals surface area (Å²) in [5, 5.41) is 39.0. The molecule has 1 unspecified atom stereocenters. The van der Waals surface area contributed by atoms with Crippen molar-refractivity contribution in [1.29, 1.82) is 5.26 Å². The van der Waals surface area contributed by atoms with E-state index >= 15 is 0 Å². The summed E-state index contributed by atoms with van der Waals surface area (Å²) in [6, 6.07) is 5.10. The number of hydrogen-bond donors (Lipinski definition) is 6. The van der Waals surface area contributed by atoms with Crippen LogP contribution in [0.1, 0.15) is 42.5 Å². The monoisotopic (exact) mass is 933 g/mol. The first-order valence-corrected chi connectivity index (χ1v) is 19.3. The van der Waals surface area contributed by atoms with Crippen LogP contribution in [0.5, 0.6) is 0 Å². The molecular weight excluding hydrogens is 886 g/mol. The van der Waals surface area contributed by atoms with E-state index in [2.05, 4.69) is 26.3 Å². The van der Waals surface area contributed by atoms with Gasteiger partial charge in [0.1, 0.15) is 12.1 Å². The number of aromatic nitrogens is 1. The molecule has 1 aromatic carbocycles. The first-order chi connectivity index (χ1) is 29.0. The zero-order chi connectivity index (χ0) is 44.3. The fourth-order valence-corrected chi connectivity index (χ4v) is 7.05. The number of halogens is 2. The van der Waals surface area contributed by atoms with E-state index in [0.717, 1.165) is 4.90 Å². The van der Waals surface area contributed by atoms with Crippen molar-refractivity contribution >= 4 is 64.0 Å². The minimum Gasteiger partial charge on any atom is -0.617 e. The predicted octanol–water partition coefficient (Wildman–Crippen LogP) is -0.593. The number of carboxylic acid groups (broad SMARTS) is 2. The van der Waals surface area contributed by atoms with E-state index in [9.17, 15) is 57.4 Å². The SMILES string of the molecule is N#C[C@@H]1CC(F)(F)CN1C(=O)CNC(=O)c1ccnc2ccc(NC(=O)CCC(=O)NCCNC(=O)CCC(C(=O)O)N3CCN(CC(=O)O)CCN4CC(=O)O[C-]4C3)cc12.[CH3-].[Cu]. The molecule has 5 rings (SSSR count). The van der Waals surface area contributed by atoms with Crippen LogP contribution in [0, 0.1) is 25.0 Å². The second-order valence-corrected chi connectivity index (χ2v) is 14.6. The van der Waals surface area contributed by atoms with Gasteiger partial charge >= 0.3 is 11.9 Å². The molecule has 4 heterocycles. The number of ether oxygens (including phenoxy) is 1. The number of carbonyl (C=O) groups excluding carboxylic acids is 6. The van der Waals surface area contributed by atoms with Crippen LogP contribution in [0.25, 0.3) is 10.9 Å². The van der Waals surface area contributed by atoms with Gasteiger partial charge in [-0.05, 0) is 37.2 Å². The minimum absolute atomic E-state index is 0. The molecule has 6 N–H and O–H groups in total. The van der Waals surface area contributed by atoms with Gasteiger partial charge in [-0.1, -0.05) is 12.8 Å². The second kappa shape index (κ2) is 23.5. The predicted molar refractivity (Wildman–Crippen MR) is 212 cm³/mol. The minimum atomic E-state index is -3.21.